The Morgan fingerprint density at radius 1 is 1.07 bits per heavy atom. The van der Waals surface area contributed by atoms with Crippen LogP contribution in [-0.2, 0) is 27.7 Å². The number of rotatable bonds is 9. The fourth-order valence-electron chi connectivity index (χ4n) is 2.96. The summed E-state index contributed by atoms with van der Waals surface area (Å²) >= 11 is 0. The first-order valence-corrected chi connectivity index (χ1v) is 11.1. The Morgan fingerprint density at radius 2 is 1.64 bits per heavy atom. The van der Waals surface area contributed by atoms with Crippen molar-refractivity contribution in [2.75, 3.05) is 24.2 Å². The highest BCUT2D eigenvalue weighted by atomic mass is 32.2. The third kappa shape index (κ3) is 5.73. The zero-order chi connectivity index (χ0) is 20.7. The van der Waals surface area contributed by atoms with Gasteiger partial charge in [0.25, 0.3) is 0 Å². The minimum absolute atomic E-state index is 0.335. The molecular weight excluding hydrogens is 376 g/mol. The highest BCUT2D eigenvalue weighted by molar-refractivity contribution is 7.92. The van der Waals surface area contributed by atoms with Crippen LogP contribution in [0.4, 0.5) is 5.69 Å². The molecule has 7 heteroatoms. The van der Waals surface area contributed by atoms with E-state index >= 15 is 0 Å². The molecular formula is C21H28N2O4S. The average Bonchev–Trinajstić information content (AvgIpc) is 2.68. The number of nitrogens with zero attached hydrogens (tertiary/aromatic N) is 1. The summed E-state index contributed by atoms with van der Waals surface area (Å²) < 4.78 is 30.9. The molecule has 28 heavy (non-hydrogen) atoms. The SMILES string of the molecule is CCc1ccc(N([C@@H](C)C(=O)NCCc2ccc(OC)cc2)S(C)(=O)=O)cc1. The molecule has 0 unspecified atom stereocenters. The van der Waals surface area contributed by atoms with Crippen molar-refractivity contribution in [2.24, 2.45) is 0 Å². The van der Waals surface area contributed by atoms with Gasteiger partial charge < -0.3 is 10.1 Å². The second-order valence-electron chi connectivity index (χ2n) is 6.64. The molecule has 0 saturated heterocycles. The Kier molecular flexibility index (Phi) is 7.45. The fraction of sp³-hybridized carbons (Fsp3) is 0.381. The van der Waals surface area contributed by atoms with Gasteiger partial charge in [0.15, 0.2) is 0 Å². The average molecular weight is 405 g/mol. The van der Waals surface area contributed by atoms with Crippen LogP contribution in [0.25, 0.3) is 0 Å². The molecule has 6 nitrogen and oxygen atoms in total. The van der Waals surface area contributed by atoms with Crippen LogP contribution < -0.4 is 14.4 Å². The number of benzene rings is 2. The van der Waals surface area contributed by atoms with Gasteiger partial charge in [-0.3, -0.25) is 9.10 Å². The lowest BCUT2D eigenvalue weighted by molar-refractivity contribution is -0.121. The molecule has 0 aliphatic rings. The highest BCUT2D eigenvalue weighted by Gasteiger charge is 2.28. The van der Waals surface area contributed by atoms with E-state index in [0.717, 1.165) is 33.9 Å². The summed E-state index contributed by atoms with van der Waals surface area (Å²) in [6, 6.07) is 14.0. The molecule has 0 saturated carbocycles. The van der Waals surface area contributed by atoms with E-state index in [2.05, 4.69) is 5.32 Å². The lowest BCUT2D eigenvalue weighted by Crippen LogP contribution is -2.48. The van der Waals surface area contributed by atoms with Crippen LogP contribution in [0.2, 0.25) is 0 Å². The lowest BCUT2D eigenvalue weighted by atomic mass is 10.1. The molecule has 0 aliphatic carbocycles. The van der Waals surface area contributed by atoms with Crippen LogP contribution in [-0.4, -0.2) is 40.3 Å². The topological polar surface area (TPSA) is 75.7 Å². The van der Waals surface area contributed by atoms with Gasteiger partial charge >= 0.3 is 0 Å². The summed E-state index contributed by atoms with van der Waals surface area (Å²) in [6.07, 6.45) is 2.62. The van der Waals surface area contributed by atoms with Gasteiger partial charge in [-0.25, -0.2) is 8.42 Å². The van der Waals surface area contributed by atoms with Gasteiger partial charge in [0.1, 0.15) is 11.8 Å². The first-order chi connectivity index (χ1) is 13.3. The molecule has 2 aromatic carbocycles. The first-order valence-electron chi connectivity index (χ1n) is 9.25. The molecule has 0 aliphatic heterocycles. The minimum Gasteiger partial charge on any atom is -0.497 e. The molecule has 0 aromatic heterocycles. The predicted molar refractivity (Wildman–Crippen MR) is 112 cm³/mol. The summed E-state index contributed by atoms with van der Waals surface area (Å²) in [5.41, 5.74) is 2.65. The number of hydrogen-bond donors (Lipinski definition) is 1. The van der Waals surface area contributed by atoms with Gasteiger partial charge in [0.05, 0.1) is 19.1 Å². The number of carbonyl (C=O) groups excluding carboxylic acids is 1. The molecule has 1 atom stereocenters. The van der Waals surface area contributed by atoms with Crippen molar-refractivity contribution in [1.82, 2.24) is 5.32 Å². The molecule has 0 heterocycles. The van der Waals surface area contributed by atoms with Gasteiger partial charge in [-0.2, -0.15) is 0 Å². The number of amides is 1. The van der Waals surface area contributed by atoms with Gasteiger partial charge in [-0.1, -0.05) is 31.2 Å². The van der Waals surface area contributed by atoms with Crippen LogP contribution in [0.5, 0.6) is 5.75 Å². The molecule has 1 amide bonds. The number of aryl methyl sites for hydroxylation is 1. The summed E-state index contributed by atoms with van der Waals surface area (Å²) in [6.45, 7) is 4.04. The van der Waals surface area contributed by atoms with E-state index in [1.165, 1.54) is 0 Å². The van der Waals surface area contributed by atoms with E-state index in [-0.39, 0.29) is 5.91 Å². The van der Waals surface area contributed by atoms with Gasteiger partial charge in [0, 0.05) is 6.54 Å². The van der Waals surface area contributed by atoms with Crippen LogP contribution in [0.15, 0.2) is 48.5 Å². The number of ether oxygens (including phenoxy) is 1. The van der Waals surface area contributed by atoms with Crippen molar-refractivity contribution in [2.45, 2.75) is 32.7 Å². The Labute approximate surface area is 167 Å². The highest BCUT2D eigenvalue weighted by Crippen LogP contribution is 2.21. The first kappa shape index (κ1) is 21.8. The van der Waals surface area contributed by atoms with Crippen LogP contribution in [0, 0.1) is 0 Å². The van der Waals surface area contributed by atoms with E-state index < -0.39 is 16.1 Å². The number of nitrogens with one attached hydrogen (secondary N) is 1. The van der Waals surface area contributed by atoms with Crippen LogP contribution in [0.1, 0.15) is 25.0 Å². The van der Waals surface area contributed by atoms with Crippen molar-refractivity contribution < 1.29 is 17.9 Å². The number of methoxy groups -OCH3 is 1. The number of hydrogen-bond acceptors (Lipinski definition) is 4. The normalized spacial score (nSPS) is 12.3. The molecule has 152 valence electrons. The zero-order valence-corrected chi connectivity index (χ0v) is 17.6. The van der Waals surface area contributed by atoms with Gasteiger partial charge in [-0.15, -0.1) is 0 Å². The quantitative estimate of drug-likeness (QED) is 0.697. The monoisotopic (exact) mass is 404 g/mol. The summed E-state index contributed by atoms with van der Waals surface area (Å²) in [4.78, 5) is 12.6. The zero-order valence-electron chi connectivity index (χ0n) is 16.8. The number of carbonyl (C=O) groups is 1. The summed E-state index contributed by atoms with van der Waals surface area (Å²) in [7, 11) is -2.00. The predicted octanol–water partition coefficient (Wildman–Crippen LogP) is 2.77. The van der Waals surface area contributed by atoms with Crippen molar-refractivity contribution >= 4 is 21.6 Å². The minimum atomic E-state index is -3.61. The second kappa shape index (κ2) is 9.59. The summed E-state index contributed by atoms with van der Waals surface area (Å²) in [5, 5.41) is 2.83. The second-order valence-corrected chi connectivity index (χ2v) is 8.50. The Morgan fingerprint density at radius 3 is 2.14 bits per heavy atom. The number of anilines is 1. The molecule has 0 spiro atoms. The number of sulfonamides is 1. The Hall–Kier alpha value is -2.54. The van der Waals surface area contributed by atoms with Crippen molar-refractivity contribution in [3.05, 3.63) is 59.7 Å². The van der Waals surface area contributed by atoms with Crippen molar-refractivity contribution in [3.63, 3.8) is 0 Å². The molecule has 0 fully saturated rings. The van der Waals surface area contributed by atoms with Crippen LogP contribution in [0.3, 0.4) is 0 Å². The standard InChI is InChI=1S/C21H28N2O4S/c1-5-17-6-10-19(11-7-17)23(28(4,25)26)16(2)21(24)22-15-14-18-8-12-20(27-3)13-9-18/h6-13,16H,5,14-15H2,1-4H3,(H,22,24)/t16-/m0/s1. The van der Waals surface area contributed by atoms with E-state index in [1.54, 1.807) is 26.2 Å². The van der Waals surface area contributed by atoms with Gasteiger partial charge in [0.2, 0.25) is 15.9 Å². The van der Waals surface area contributed by atoms with Crippen LogP contribution >= 0.6 is 0 Å². The molecule has 1 N–H and O–H groups in total. The maximum Gasteiger partial charge on any atom is 0.243 e. The third-order valence-electron chi connectivity index (χ3n) is 4.56. The Bertz CT molecular complexity index is 878. The Balaban J connectivity index is 2.04. The largest absolute Gasteiger partial charge is 0.497 e. The maximum atomic E-state index is 12.6. The molecule has 2 aromatic rings. The van der Waals surface area contributed by atoms with E-state index in [1.807, 2.05) is 43.3 Å². The molecule has 2 rings (SSSR count). The fourth-order valence-corrected chi connectivity index (χ4v) is 4.13. The maximum absolute atomic E-state index is 12.6. The van der Waals surface area contributed by atoms with E-state index in [9.17, 15) is 13.2 Å². The van der Waals surface area contributed by atoms with Crippen molar-refractivity contribution in [3.8, 4) is 5.75 Å². The van der Waals surface area contributed by atoms with Crippen molar-refractivity contribution in [1.29, 1.82) is 0 Å². The lowest BCUT2D eigenvalue weighted by Gasteiger charge is -2.28. The molecule has 0 bridgehead atoms. The summed E-state index contributed by atoms with van der Waals surface area (Å²) in [5.74, 6) is 0.442. The van der Waals surface area contributed by atoms with E-state index in [4.69, 9.17) is 4.74 Å². The third-order valence-corrected chi connectivity index (χ3v) is 5.80. The smallest absolute Gasteiger partial charge is 0.243 e. The van der Waals surface area contributed by atoms with Gasteiger partial charge in [-0.05, 0) is 55.2 Å². The molecule has 0 radical (unpaired) electrons. The van der Waals surface area contributed by atoms with E-state index in [0.29, 0.717) is 18.7 Å².